The number of carbonyl (C=O) groups is 2. The van der Waals surface area contributed by atoms with E-state index in [1.54, 1.807) is 13.3 Å². The second-order valence-electron chi connectivity index (χ2n) is 7.28. The number of aliphatic hydroxyl groups excluding tert-OH is 1. The highest BCUT2D eigenvalue weighted by atomic mass is 32.2. The van der Waals surface area contributed by atoms with Crippen LogP contribution < -0.4 is 4.74 Å². The highest BCUT2D eigenvalue weighted by Crippen LogP contribution is 2.35. The summed E-state index contributed by atoms with van der Waals surface area (Å²) < 4.78 is 9.54. The second kappa shape index (κ2) is 8.24. The molecule has 4 rings (SSSR count). The molecule has 0 spiro atoms. The van der Waals surface area contributed by atoms with Crippen molar-refractivity contribution in [1.82, 2.24) is 15.0 Å². The van der Waals surface area contributed by atoms with Gasteiger partial charge in [-0.15, -0.1) is 0 Å². The molecule has 2 aliphatic heterocycles. The molecule has 3 aliphatic rings. The number of amidine groups is 1. The van der Waals surface area contributed by atoms with Crippen LogP contribution in [0.1, 0.15) is 23.2 Å². The zero-order valence-corrected chi connectivity index (χ0v) is 18.3. The van der Waals surface area contributed by atoms with Crippen molar-refractivity contribution in [1.29, 1.82) is 0 Å². The quantitative estimate of drug-likeness (QED) is 0.573. The largest absolute Gasteiger partial charge is 0.496 e. The Morgan fingerprint density at radius 1 is 1.28 bits per heavy atom. The molecule has 1 aromatic rings. The number of hydrogen-bond donors (Lipinski definition) is 3. The summed E-state index contributed by atoms with van der Waals surface area (Å²) in [6.07, 6.45) is -2.38. The van der Waals surface area contributed by atoms with Gasteiger partial charge in [0.1, 0.15) is 18.0 Å². The third-order valence-electron chi connectivity index (χ3n) is 5.31. The van der Waals surface area contributed by atoms with Gasteiger partial charge in [-0.1, -0.05) is 0 Å². The van der Waals surface area contributed by atoms with E-state index in [4.69, 9.17) is 4.74 Å². The topological polar surface area (TPSA) is 161 Å². The Bertz CT molecular complexity index is 1130. The van der Waals surface area contributed by atoms with Crippen LogP contribution in [0.4, 0.5) is 9.59 Å². The first-order valence-corrected chi connectivity index (χ1v) is 10.5. The van der Waals surface area contributed by atoms with Crippen LogP contribution in [-0.2, 0) is 6.54 Å². The van der Waals surface area contributed by atoms with Crippen molar-refractivity contribution in [2.24, 2.45) is 14.6 Å². The molecule has 13 heteroatoms. The van der Waals surface area contributed by atoms with E-state index in [-0.39, 0.29) is 35.2 Å². The number of hydrogen-bond acceptors (Lipinski definition) is 10. The van der Waals surface area contributed by atoms with Crippen molar-refractivity contribution in [3.8, 4) is 5.75 Å². The van der Waals surface area contributed by atoms with E-state index in [0.717, 1.165) is 23.1 Å². The Hall–Kier alpha value is -3.45. The molecule has 32 heavy (non-hydrogen) atoms. The summed E-state index contributed by atoms with van der Waals surface area (Å²) in [5, 5.41) is 39.7. The molecule has 0 saturated heterocycles. The fourth-order valence-electron chi connectivity index (χ4n) is 3.84. The lowest BCUT2D eigenvalue weighted by Crippen LogP contribution is -2.46. The molecule has 0 saturated carbocycles. The Kier molecular flexibility index (Phi) is 5.60. The van der Waals surface area contributed by atoms with Crippen molar-refractivity contribution >= 4 is 41.4 Å². The van der Waals surface area contributed by atoms with E-state index in [1.807, 2.05) is 13.8 Å². The fraction of sp³-hybridized carbons (Fsp3) is 0.368. The molecular weight excluding hydrogens is 440 g/mol. The molecule has 1 aromatic heterocycles. The lowest BCUT2D eigenvalue weighted by molar-refractivity contribution is 0.145. The maximum atomic E-state index is 11.7. The van der Waals surface area contributed by atoms with E-state index < -0.39 is 18.3 Å². The van der Waals surface area contributed by atoms with Crippen LogP contribution >= 0.6 is 11.9 Å². The van der Waals surface area contributed by atoms with Gasteiger partial charge in [-0.2, -0.15) is 24.6 Å². The van der Waals surface area contributed by atoms with Gasteiger partial charge < -0.3 is 20.1 Å². The predicted molar refractivity (Wildman–Crippen MR) is 116 cm³/mol. The number of aliphatic hydroxyl groups is 1. The summed E-state index contributed by atoms with van der Waals surface area (Å²) in [4.78, 5) is 27.9. The zero-order chi connectivity index (χ0) is 23.2. The van der Waals surface area contributed by atoms with Gasteiger partial charge >= 0.3 is 12.2 Å². The number of aromatic nitrogens is 1. The standard InChI is InChI=1S/C19H20N6O6S/c1-8-5-20-12(9(2)16(8)31-3)6-24-21-11-4-13(26)10-7-32-23-17(15(22-24)14(10)11)25(18(27)28)19(29)30/h5,13,26H,4,6-7H2,1-3H3,(H,27,28)(H,29,30). The van der Waals surface area contributed by atoms with Crippen LogP contribution in [-0.4, -0.2) is 78.7 Å². The lowest BCUT2D eigenvalue weighted by Gasteiger charge is -2.25. The van der Waals surface area contributed by atoms with Gasteiger partial charge in [0.25, 0.3) is 0 Å². The van der Waals surface area contributed by atoms with E-state index in [1.165, 1.54) is 5.12 Å². The molecule has 168 valence electrons. The van der Waals surface area contributed by atoms with E-state index >= 15 is 0 Å². The van der Waals surface area contributed by atoms with Gasteiger partial charge in [-0.25, -0.2) is 9.59 Å². The molecule has 12 nitrogen and oxygen atoms in total. The highest BCUT2D eigenvalue weighted by Gasteiger charge is 2.42. The van der Waals surface area contributed by atoms with E-state index in [9.17, 15) is 24.9 Å². The molecule has 3 heterocycles. The molecule has 0 fully saturated rings. The summed E-state index contributed by atoms with van der Waals surface area (Å²) in [6, 6.07) is 0. The van der Waals surface area contributed by atoms with Crippen molar-refractivity contribution in [3.63, 3.8) is 0 Å². The zero-order valence-electron chi connectivity index (χ0n) is 17.4. The second-order valence-corrected chi connectivity index (χ2v) is 8.01. The van der Waals surface area contributed by atoms with Crippen LogP contribution in [0.5, 0.6) is 5.75 Å². The molecule has 2 amide bonds. The minimum Gasteiger partial charge on any atom is -0.496 e. The van der Waals surface area contributed by atoms with Crippen molar-refractivity contribution in [2.75, 3.05) is 12.9 Å². The number of aryl methyl sites for hydroxylation is 1. The van der Waals surface area contributed by atoms with Crippen molar-refractivity contribution in [3.05, 3.63) is 34.2 Å². The molecule has 0 bridgehead atoms. The average Bonchev–Trinajstić information content (AvgIpc) is 2.91. The third kappa shape index (κ3) is 3.58. The number of rotatable bonds is 3. The summed E-state index contributed by atoms with van der Waals surface area (Å²) in [5.74, 6) is 0.598. The molecule has 1 atom stereocenters. The summed E-state index contributed by atoms with van der Waals surface area (Å²) in [6.45, 7) is 3.85. The van der Waals surface area contributed by atoms with Gasteiger partial charge in [0, 0.05) is 35.1 Å². The molecule has 0 radical (unpaired) electrons. The number of nitrogens with zero attached hydrogens (tertiary/aromatic N) is 6. The number of imide groups is 1. The van der Waals surface area contributed by atoms with Gasteiger partial charge in [-0.05, 0) is 31.4 Å². The normalized spacial score (nSPS) is 19.6. The predicted octanol–water partition coefficient (Wildman–Crippen LogP) is 2.01. The number of pyridine rings is 1. The monoisotopic (exact) mass is 460 g/mol. The summed E-state index contributed by atoms with van der Waals surface area (Å²) in [7, 11) is 1.57. The molecule has 1 unspecified atom stereocenters. The minimum atomic E-state index is -1.71. The maximum absolute atomic E-state index is 11.7. The summed E-state index contributed by atoms with van der Waals surface area (Å²) in [5.41, 5.74) is 3.84. The van der Waals surface area contributed by atoms with Crippen LogP contribution in [0.3, 0.4) is 0 Å². The van der Waals surface area contributed by atoms with Gasteiger partial charge in [0.15, 0.2) is 5.84 Å². The van der Waals surface area contributed by atoms with Gasteiger partial charge in [0.2, 0.25) is 0 Å². The summed E-state index contributed by atoms with van der Waals surface area (Å²) >= 11 is 0.949. The van der Waals surface area contributed by atoms with Gasteiger partial charge in [-0.3, -0.25) is 4.98 Å². The average molecular weight is 460 g/mol. The van der Waals surface area contributed by atoms with Crippen LogP contribution in [0, 0.1) is 13.8 Å². The first kappa shape index (κ1) is 21.8. The highest BCUT2D eigenvalue weighted by molar-refractivity contribution is 7.98. The Morgan fingerprint density at radius 2 is 2.00 bits per heavy atom. The van der Waals surface area contributed by atoms with E-state index in [2.05, 4.69) is 19.6 Å². The maximum Gasteiger partial charge on any atom is 0.422 e. The molecule has 3 N–H and O–H groups in total. The van der Waals surface area contributed by atoms with Crippen molar-refractivity contribution in [2.45, 2.75) is 32.9 Å². The number of hydrazone groups is 2. The molecule has 0 aromatic carbocycles. The smallest absolute Gasteiger partial charge is 0.422 e. The van der Waals surface area contributed by atoms with Crippen LogP contribution in [0.25, 0.3) is 0 Å². The van der Waals surface area contributed by atoms with Crippen molar-refractivity contribution < 1.29 is 29.6 Å². The first-order valence-electron chi connectivity index (χ1n) is 9.53. The Morgan fingerprint density at radius 3 is 2.66 bits per heavy atom. The Labute approximate surface area is 186 Å². The van der Waals surface area contributed by atoms with Gasteiger partial charge in [0.05, 0.1) is 24.6 Å². The molecule has 1 aliphatic carbocycles. The number of methoxy groups -OCH3 is 1. The SMILES string of the molecule is COc1c(C)cnc(CN2N=C3CC(O)C4=C3C(=N2)C(N(C(=O)O)C(=O)O)=NSC4)c1C. The fourth-order valence-corrected chi connectivity index (χ4v) is 4.67. The van der Waals surface area contributed by atoms with Crippen LogP contribution in [0.15, 0.2) is 31.9 Å². The van der Waals surface area contributed by atoms with Crippen LogP contribution in [0.2, 0.25) is 0 Å². The Balaban J connectivity index is 1.80. The lowest BCUT2D eigenvalue weighted by atomic mass is 10.0. The first-order chi connectivity index (χ1) is 15.2. The van der Waals surface area contributed by atoms with E-state index in [0.29, 0.717) is 28.3 Å². The number of amides is 2. The third-order valence-corrected chi connectivity index (χ3v) is 6.05. The molecular formula is C19H20N6O6S. The number of carboxylic acid groups (broad SMARTS) is 2. The minimum absolute atomic E-state index is 0.0353. The number of ether oxygens (including phenoxy) is 1.